The molecule has 0 atom stereocenters. The summed E-state index contributed by atoms with van der Waals surface area (Å²) in [6.07, 6.45) is 0. The van der Waals surface area contributed by atoms with Gasteiger partial charge in [-0.25, -0.2) is 0 Å². The van der Waals surface area contributed by atoms with Crippen molar-refractivity contribution < 1.29 is 9.59 Å². The van der Waals surface area contributed by atoms with E-state index in [0.717, 1.165) is 11.1 Å². The second-order valence-electron chi connectivity index (χ2n) is 7.37. The number of aryl methyl sites for hydroxylation is 1. The summed E-state index contributed by atoms with van der Waals surface area (Å²) < 4.78 is 0. The summed E-state index contributed by atoms with van der Waals surface area (Å²) in [4.78, 5) is 26.5. The molecule has 4 nitrogen and oxygen atoms in total. The minimum atomic E-state index is -0.484. The highest BCUT2D eigenvalue weighted by Crippen LogP contribution is 2.19. The van der Waals surface area contributed by atoms with Gasteiger partial charge in [-0.3, -0.25) is 9.59 Å². The lowest BCUT2D eigenvalue weighted by atomic mass is 9.95. The number of amides is 2. The summed E-state index contributed by atoms with van der Waals surface area (Å²) in [6, 6.07) is 15.1. The van der Waals surface area contributed by atoms with Crippen LogP contribution < -0.4 is 5.32 Å². The van der Waals surface area contributed by atoms with Crippen molar-refractivity contribution in [3.63, 3.8) is 0 Å². The van der Waals surface area contributed by atoms with Crippen LogP contribution in [0.1, 0.15) is 42.3 Å². The number of nitrogens with one attached hydrogen (secondary N) is 1. The second kappa shape index (κ2) is 7.51. The molecule has 0 aromatic heterocycles. The molecule has 1 N–H and O–H groups in total. The Bertz CT molecular complexity index is 775. The molecular weight excluding hydrogens is 312 g/mol. The monoisotopic (exact) mass is 338 g/mol. The van der Waals surface area contributed by atoms with Crippen LogP contribution in [0.5, 0.6) is 0 Å². The van der Waals surface area contributed by atoms with Gasteiger partial charge in [-0.15, -0.1) is 0 Å². The Kier molecular flexibility index (Phi) is 5.62. The molecule has 0 spiro atoms. The topological polar surface area (TPSA) is 49.4 Å². The molecule has 0 unspecified atom stereocenters. The lowest BCUT2D eigenvalue weighted by Gasteiger charge is -2.20. The summed E-state index contributed by atoms with van der Waals surface area (Å²) in [6.45, 7) is 8.15. The number of rotatable bonds is 4. The van der Waals surface area contributed by atoms with E-state index >= 15 is 0 Å². The van der Waals surface area contributed by atoms with Gasteiger partial charge in [0.1, 0.15) is 0 Å². The molecule has 2 aromatic rings. The molecule has 0 radical (unpaired) electrons. The Morgan fingerprint density at radius 3 is 2.36 bits per heavy atom. The van der Waals surface area contributed by atoms with Gasteiger partial charge >= 0.3 is 0 Å². The largest absolute Gasteiger partial charge is 0.337 e. The van der Waals surface area contributed by atoms with E-state index in [1.807, 2.05) is 52.0 Å². The summed E-state index contributed by atoms with van der Waals surface area (Å²) in [5, 5.41) is 2.87. The number of carbonyl (C=O) groups excluding carboxylic acids is 2. The van der Waals surface area contributed by atoms with Crippen molar-refractivity contribution in [2.45, 2.75) is 34.2 Å². The molecule has 4 heteroatoms. The zero-order chi connectivity index (χ0) is 18.6. The fourth-order valence-electron chi connectivity index (χ4n) is 2.38. The Labute approximate surface area is 149 Å². The maximum Gasteiger partial charge on any atom is 0.253 e. The predicted molar refractivity (Wildman–Crippen MR) is 102 cm³/mol. The number of carbonyl (C=O) groups is 2. The van der Waals surface area contributed by atoms with Crippen molar-refractivity contribution in [1.82, 2.24) is 4.90 Å². The van der Waals surface area contributed by atoms with E-state index in [9.17, 15) is 9.59 Å². The Balaban J connectivity index is 2.13. The minimum Gasteiger partial charge on any atom is -0.337 e. The van der Waals surface area contributed by atoms with E-state index in [4.69, 9.17) is 0 Å². The molecule has 0 aliphatic carbocycles. The molecule has 0 fully saturated rings. The van der Waals surface area contributed by atoms with Crippen LogP contribution in [0, 0.1) is 12.3 Å². The van der Waals surface area contributed by atoms with Crippen LogP contribution in [-0.2, 0) is 11.3 Å². The molecule has 0 bridgehead atoms. The lowest BCUT2D eigenvalue weighted by Crippen LogP contribution is -2.28. The maximum absolute atomic E-state index is 12.7. The van der Waals surface area contributed by atoms with E-state index in [2.05, 4.69) is 5.32 Å². The van der Waals surface area contributed by atoms with Gasteiger partial charge in [0, 0.05) is 30.3 Å². The van der Waals surface area contributed by atoms with Gasteiger partial charge in [0.2, 0.25) is 5.91 Å². The molecule has 0 saturated carbocycles. The molecule has 2 amide bonds. The van der Waals surface area contributed by atoms with Crippen molar-refractivity contribution >= 4 is 17.5 Å². The summed E-state index contributed by atoms with van der Waals surface area (Å²) in [5.41, 5.74) is 2.99. The van der Waals surface area contributed by atoms with E-state index in [-0.39, 0.29) is 11.8 Å². The van der Waals surface area contributed by atoms with Crippen molar-refractivity contribution in [3.8, 4) is 0 Å². The van der Waals surface area contributed by atoms with E-state index in [1.165, 1.54) is 0 Å². The molecular formula is C21H26N2O2. The third-order valence-corrected chi connectivity index (χ3v) is 4.06. The fraction of sp³-hybridized carbons (Fsp3) is 0.333. The SMILES string of the molecule is Cc1ccccc1CN(C)C(=O)c1cccc(NC(=O)C(C)(C)C)c1. The number of hydrogen-bond donors (Lipinski definition) is 1. The first-order valence-electron chi connectivity index (χ1n) is 8.40. The first kappa shape index (κ1) is 18.7. The first-order valence-corrected chi connectivity index (χ1v) is 8.40. The predicted octanol–water partition coefficient (Wildman–Crippen LogP) is 4.25. The van der Waals surface area contributed by atoms with Crippen molar-refractivity contribution in [3.05, 3.63) is 65.2 Å². The lowest BCUT2D eigenvalue weighted by molar-refractivity contribution is -0.123. The number of anilines is 1. The van der Waals surface area contributed by atoms with Gasteiger partial charge in [-0.1, -0.05) is 51.1 Å². The molecule has 25 heavy (non-hydrogen) atoms. The summed E-state index contributed by atoms with van der Waals surface area (Å²) in [7, 11) is 1.79. The number of nitrogens with zero attached hydrogens (tertiary/aromatic N) is 1. The van der Waals surface area contributed by atoms with Crippen LogP contribution in [-0.4, -0.2) is 23.8 Å². The van der Waals surface area contributed by atoms with E-state index in [1.54, 1.807) is 36.2 Å². The Morgan fingerprint density at radius 1 is 1.04 bits per heavy atom. The van der Waals surface area contributed by atoms with Crippen LogP contribution in [0.4, 0.5) is 5.69 Å². The standard InChI is InChI=1S/C21H26N2O2/c1-15-9-6-7-10-17(15)14-23(5)19(24)16-11-8-12-18(13-16)22-20(25)21(2,3)4/h6-13H,14H2,1-5H3,(H,22,25). The Morgan fingerprint density at radius 2 is 1.72 bits per heavy atom. The highest BCUT2D eigenvalue weighted by atomic mass is 16.2. The van der Waals surface area contributed by atoms with Gasteiger partial charge in [0.25, 0.3) is 5.91 Å². The molecule has 0 aliphatic heterocycles. The first-order chi connectivity index (χ1) is 11.7. The van der Waals surface area contributed by atoms with E-state index in [0.29, 0.717) is 17.8 Å². The second-order valence-corrected chi connectivity index (χ2v) is 7.37. The third-order valence-electron chi connectivity index (χ3n) is 4.06. The van der Waals surface area contributed by atoms with Crippen molar-refractivity contribution in [2.75, 3.05) is 12.4 Å². The van der Waals surface area contributed by atoms with Gasteiger partial charge < -0.3 is 10.2 Å². The van der Waals surface area contributed by atoms with E-state index < -0.39 is 5.41 Å². The fourth-order valence-corrected chi connectivity index (χ4v) is 2.38. The van der Waals surface area contributed by atoms with Crippen molar-refractivity contribution in [1.29, 1.82) is 0 Å². The van der Waals surface area contributed by atoms with Gasteiger partial charge in [0.05, 0.1) is 0 Å². The van der Waals surface area contributed by atoms with Gasteiger partial charge in [-0.2, -0.15) is 0 Å². The third kappa shape index (κ3) is 4.92. The minimum absolute atomic E-state index is 0.0740. The van der Waals surface area contributed by atoms with Crippen molar-refractivity contribution in [2.24, 2.45) is 5.41 Å². The van der Waals surface area contributed by atoms with Gasteiger partial charge in [0.15, 0.2) is 0 Å². The zero-order valence-electron chi connectivity index (χ0n) is 15.6. The zero-order valence-corrected chi connectivity index (χ0v) is 15.6. The van der Waals surface area contributed by atoms with Crippen LogP contribution in [0.15, 0.2) is 48.5 Å². The number of hydrogen-bond acceptors (Lipinski definition) is 2. The number of benzene rings is 2. The highest BCUT2D eigenvalue weighted by Gasteiger charge is 2.21. The average Bonchev–Trinajstić information content (AvgIpc) is 2.55. The Hall–Kier alpha value is -2.62. The van der Waals surface area contributed by atoms with Crippen LogP contribution in [0.3, 0.4) is 0 Å². The maximum atomic E-state index is 12.7. The van der Waals surface area contributed by atoms with Crippen LogP contribution in [0.2, 0.25) is 0 Å². The summed E-state index contributed by atoms with van der Waals surface area (Å²) >= 11 is 0. The smallest absolute Gasteiger partial charge is 0.253 e. The molecule has 2 rings (SSSR count). The van der Waals surface area contributed by atoms with Crippen LogP contribution >= 0.6 is 0 Å². The molecule has 0 aliphatic rings. The molecule has 0 heterocycles. The molecule has 0 saturated heterocycles. The molecule has 132 valence electrons. The highest BCUT2D eigenvalue weighted by molar-refractivity contribution is 5.98. The quantitative estimate of drug-likeness (QED) is 0.906. The molecule has 2 aromatic carbocycles. The normalized spacial score (nSPS) is 11.1. The average molecular weight is 338 g/mol. The van der Waals surface area contributed by atoms with Crippen LogP contribution in [0.25, 0.3) is 0 Å². The summed E-state index contributed by atoms with van der Waals surface area (Å²) in [5.74, 6) is -0.152. The van der Waals surface area contributed by atoms with Gasteiger partial charge in [-0.05, 0) is 36.2 Å².